The number of aromatic nitrogens is 1. The van der Waals surface area contributed by atoms with E-state index in [1.165, 1.54) is 43.8 Å². The number of hydrogen-bond acceptors (Lipinski definition) is 4. The van der Waals surface area contributed by atoms with Gasteiger partial charge in [-0.1, -0.05) is 36.8 Å². The van der Waals surface area contributed by atoms with E-state index in [0.717, 1.165) is 26.1 Å². The fraction of sp³-hybridized carbons (Fsp3) is 0.545. The summed E-state index contributed by atoms with van der Waals surface area (Å²) >= 11 is 0. The number of hydrogen-bond donors (Lipinski definition) is 0. The van der Waals surface area contributed by atoms with Crippen LogP contribution < -0.4 is 0 Å². The average Bonchev–Trinajstić information content (AvgIpc) is 3.23. The Balaban J connectivity index is 1.31. The average molecular weight is 365 g/mol. The van der Waals surface area contributed by atoms with Crippen LogP contribution in [-0.4, -0.2) is 52.4 Å². The number of likely N-dealkylation sites (tertiary alicyclic amines) is 1. The monoisotopic (exact) mass is 365 g/mol. The summed E-state index contributed by atoms with van der Waals surface area (Å²) in [6, 6.07) is 12.2. The highest BCUT2D eigenvalue weighted by molar-refractivity contribution is 5.91. The molecule has 0 saturated carbocycles. The third-order valence-corrected chi connectivity index (χ3v) is 6.76. The van der Waals surface area contributed by atoms with E-state index in [-0.39, 0.29) is 5.91 Å². The van der Waals surface area contributed by atoms with Crippen molar-refractivity contribution < 1.29 is 9.21 Å². The van der Waals surface area contributed by atoms with Gasteiger partial charge in [-0.3, -0.25) is 9.69 Å². The zero-order valence-electron chi connectivity index (χ0n) is 15.7. The maximum absolute atomic E-state index is 12.7. The first-order chi connectivity index (χ1) is 13.3. The van der Waals surface area contributed by atoms with Gasteiger partial charge in [0, 0.05) is 31.7 Å². The number of amides is 1. The fourth-order valence-corrected chi connectivity index (χ4v) is 5.66. The van der Waals surface area contributed by atoms with E-state index in [1.54, 1.807) is 0 Å². The van der Waals surface area contributed by atoms with Crippen molar-refractivity contribution in [3.05, 3.63) is 54.2 Å². The molecule has 1 aromatic carbocycles. The van der Waals surface area contributed by atoms with Crippen molar-refractivity contribution in [2.24, 2.45) is 11.8 Å². The van der Waals surface area contributed by atoms with Crippen molar-refractivity contribution >= 4 is 5.91 Å². The molecule has 1 amide bonds. The van der Waals surface area contributed by atoms with Gasteiger partial charge in [-0.2, -0.15) is 0 Å². The minimum atomic E-state index is 0.00675. The molecule has 2 aromatic rings. The Morgan fingerprint density at radius 2 is 2.04 bits per heavy atom. The minimum Gasteiger partial charge on any atom is -0.438 e. The van der Waals surface area contributed by atoms with Crippen LogP contribution in [0.5, 0.6) is 0 Å². The molecule has 0 radical (unpaired) electrons. The zero-order chi connectivity index (χ0) is 18.2. The van der Waals surface area contributed by atoms with Crippen LogP contribution in [0.15, 0.2) is 47.3 Å². The highest BCUT2D eigenvalue weighted by atomic mass is 16.3. The van der Waals surface area contributed by atoms with Gasteiger partial charge in [0.2, 0.25) is 5.76 Å². The first-order valence-corrected chi connectivity index (χ1v) is 10.3. The SMILES string of the molecule is O=C(c1cnco1)N1C[C@@H]2C[C@H](C1)[C@@H]1CCC[C@H](Cc3ccccc3)N1C2. The summed E-state index contributed by atoms with van der Waals surface area (Å²) in [4.78, 5) is 21.4. The summed E-state index contributed by atoms with van der Waals surface area (Å²) in [6.45, 7) is 2.82. The molecule has 3 fully saturated rings. The predicted octanol–water partition coefficient (Wildman–Crippen LogP) is 3.23. The Kier molecular flexibility index (Phi) is 4.48. The topological polar surface area (TPSA) is 49.6 Å². The number of oxazole rings is 1. The Labute approximate surface area is 160 Å². The Morgan fingerprint density at radius 3 is 2.85 bits per heavy atom. The normalized spacial score (nSPS) is 30.7. The van der Waals surface area contributed by atoms with Crippen molar-refractivity contribution in [2.75, 3.05) is 19.6 Å². The van der Waals surface area contributed by atoms with Crippen molar-refractivity contribution in [1.82, 2.24) is 14.8 Å². The largest absolute Gasteiger partial charge is 0.438 e. The maximum Gasteiger partial charge on any atom is 0.291 e. The van der Waals surface area contributed by atoms with E-state index >= 15 is 0 Å². The molecule has 5 nitrogen and oxygen atoms in total. The summed E-state index contributed by atoms with van der Waals surface area (Å²) < 4.78 is 5.25. The molecule has 0 N–H and O–H groups in total. The van der Waals surface area contributed by atoms with Crippen LogP contribution in [0.2, 0.25) is 0 Å². The van der Waals surface area contributed by atoms with Gasteiger partial charge >= 0.3 is 0 Å². The highest BCUT2D eigenvalue weighted by Gasteiger charge is 2.45. The predicted molar refractivity (Wildman–Crippen MR) is 102 cm³/mol. The molecule has 3 aliphatic heterocycles. The summed E-state index contributed by atoms with van der Waals surface area (Å²) in [6.07, 6.45) is 9.16. The van der Waals surface area contributed by atoms with E-state index in [1.807, 2.05) is 4.90 Å². The number of carbonyl (C=O) groups is 1. The summed E-state index contributed by atoms with van der Waals surface area (Å²) in [7, 11) is 0. The van der Waals surface area contributed by atoms with E-state index in [9.17, 15) is 4.79 Å². The lowest BCUT2D eigenvalue weighted by atomic mass is 9.74. The van der Waals surface area contributed by atoms with E-state index in [2.05, 4.69) is 40.2 Å². The zero-order valence-corrected chi connectivity index (χ0v) is 15.7. The molecular formula is C22H27N3O2. The quantitative estimate of drug-likeness (QED) is 0.838. The molecule has 3 saturated heterocycles. The van der Waals surface area contributed by atoms with E-state index in [0.29, 0.717) is 29.7 Å². The van der Waals surface area contributed by atoms with Crippen LogP contribution in [-0.2, 0) is 6.42 Å². The molecule has 0 aliphatic carbocycles. The maximum atomic E-state index is 12.7. The number of nitrogens with zero attached hydrogens (tertiary/aromatic N) is 3. The number of piperidine rings is 3. The second-order valence-corrected chi connectivity index (χ2v) is 8.48. The van der Waals surface area contributed by atoms with Crippen LogP contribution in [0.25, 0.3) is 0 Å². The Bertz CT molecular complexity index is 776. The number of fused-ring (bicyclic) bond motifs is 4. The first-order valence-electron chi connectivity index (χ1n) is 10.3. The third-order valence-electron chi connectivity index (χ3n) is 6.76. The number of benzene rings is 1. The van der Waals surface area contributed by atoms with Crippen molar-refractivity contribution in [2.45, 2.75) is 44.2 Å². The van der Waals surface area contributed by atoms with Gasteiger partial charge in [-0.05, 0) is 43.1 Å². The smallest absolute Gasteiger partial charge is 0.291 e. The molecule has 3 aliphatic rings. The van der Waals surface area contributed by atoms with Crippen LogP contribution >= 0.6 is 0 Å². The van der Waals surface area contributed by atoms with Gasteiger partial charge in [0.05, 0.1) is 6.20 Å². The molecule has 5 rings (SSSR count). The Hall–Kier alpha value is -2.14. The van der Waals surface area contributed by atoms with Gasteiger partial charge in [0.1, 0.15) is 0 Å². The second kappa shape index (κ2) is 7.12. The lowest BCUT2D eigenvalue weighted by Gasteiger charge is -2.55. The molecule has 1 aromatic heterocycles. The van der Waals surface area contributed by atoms with Crippen LogP contribution in [0.3, 0.4) is 0 Å². The van der Waals surface area contributed by atoms with Crippen molar-refractivity contribution in [3.63, 3.8) is 0 Å². The lowest BCUT2D eigenvalue weighted by molar-refractivity contribution is -0.0503. The van der Waals surface area contributed by atoms with Crippen LogP contribution in [0.4, 0.5) is 0 Å². The molecule has 142 valence electrons. The molecule has 4 heterocycles. The third kappa shape index (κ3) is 3.29. The fourth-order valence-electron chi connectivity index (χ4n) is 5.66. The lowest BCUT2D eigenvalue weighted by Crippen LogP contribution is -2.62. The summed E-state index contributed by atoms with van der Waals surface area (Å²) in [5, 5.41) is 0. The van der Waals surface area contributed by atoms with Gasteiger partial charge in [0.25, 0.3) is 5.91 Å². The van der Waals surface area contributed by atoms with E-state index in [4.69, 9.17) is 4.42 Å². The Morgan fingerprint density at radius 1 is 1.15 bits per heavy atom. The van der Waals surface area contributed by atoms with Gasteiger partial charge < -0.3 is 9.32 Å². The van der Waals surface area contributed by atoms with Crippen LogP contribution in [0, 0.1) is 11.8 Å². The second-order valence-electron chi connectivity index (χ2n) is 8.48. The van der Waals surface area contributed by atoms with Crippen molar-refractivity contribution in [3.8, 4) is 0 Å². The summed E-state index contributed by atoms with van der Waals surface area (Å²) in [5.74, 6) is 1.54. The number of rotatable bonds is 3. The van der Waals surface area contributed by atoms with Gasteiger partial charge in [-0.15, -0.1) is 0 Å². The molecule has 5 heteroatoms. The first kappa shape index (κ1) is 17.0. The molecular weight excluding hydrogens is 338 g/mol. The van der Waals surface area contributed by atoms with Gasteiger partial charge in [0.15, 0.2) is 6.39 Å². The standard InChI is InChI=1S/C22H27N3O2/c26-22(21-11-23-15-27-21)24-12-17-9-18(14-24)20-8-4-7-19(25(20)13-17)10-16-5-2-1-3-6-16/h1-3,5-6,11,15,17-20H,4,7-10,12-14H2/t17-,18+,19+,20-/m0/s1. The molecule has 0 unspecified atom stereocenters. The minimum absolute atomic E-state index is 0.00675. The molecule has 0 spiro atoms. The highest BCUT2D eigenvalue weighted by Crippen LogP contribution is 2.40. The number of carbonyl (C=O) groups excluding carboxylic acids is 1. The molecule has 2 bridgehead atoms. The molecule has 4 atom stereocenters. The van der Waals surface area contributed by atoms with Crippen LogP contribution in [0.1, 0.15) is 41.8 Å². The summed E-state index contributed by atoms with van der Waals surface area (Å²) in [5.41, 5.74) is 1.45. The van der Waals surface area contributed by atoms with E-state index < -0.39 is 0 Å². The van der Waals surface area contributed by atoms with Gasteiger partial charge in [-0.25, -0.2) is 4.98 Å². The molecule has 27 heavy (non-hydrogen) atoms. The van der Waals surface area contributed by atoms with Crippen molar-refractivity contribution in [1.29, 1.82) is 0 Å².